The predicted octanol–water partition coefficient (Wildman–Crippen LogP) is 3.45. The molecule has 6 heteroatoms. The van der Waals surface area contributed by atoms with Gasteiger partial charge in [0.05, 0.1) is 18.6 Å². The number of hydrogen-bond donors (Lipinski definition) is 0. The summed E-state index contributed by atoms with van der Waals surface area (Å²) >= 11 is 1.34. The van der Waals surface area contributed by atoms with Crippen LogP contribution in [0.15, 0.2) is 22.8 Å². The molecule has 3 aromatic heterocycles. The monoisotopic (exact) mass is 290 g/mol. The van der Waals surface area contributed by atoms with Crippen LogP contribution in [-0.4, -0.2) is 22.0 Å². The van der Waals surface area contributed by atoms with Gasteiger partial charge in [-0.15, -0.1) is 0 Å². The molecule has 0 aliphatic carbocycles. The molecule has 0 saturated carbocycles. The van der Waals surface area contributed by atoms with Crippen LogP contribution in [0.1, 0.15) is 28.0 Å². The Hall–Kier alpha value is -2.08. The van der Waals surface area contributed by atoms with Gasteiger partial charge in [0.15, 0.2) is 10.7 Å². The maximum absolute atomic E-state index is 11.9. The highest BCUT2D eigenvalue weighted by Gasteiger charge is 2.22. The number of aromatic nitrogens is 2. The molecule has 0 atom stereocenters. The molecule has 104 valence electrons. The largest absolute Gasteiger partial charge is 0.463 e. The Kier molecular flexibility index (Phi) is 3.10. The molecule has 0 aromatic carbocycles. The molecule has 0 saturated heterocycles. The zero-order valence-corrected chi connectivity index (χ0v) is 12.3. The fourth-order valence-corrected chi connectivity index (χ4v) is 3.30. The second-order valence-corrected chi connectivity index (χ2v) is 5.36. The number of carbonyl (C=O) groups is 1. The first-order valence-corrected chi connectivity index (χ1v) is 7.14. The third-order valence-electron chi connectivity index (χ3n) is 3.15. The molecule has 0 fully saturated rings. The van der Waals surface area contributed by atoms with Crippen molar-refractivity contribution >= 4 is 22.3 Å². The minimum Gasteiger partial charge on any atom is -0.463 e. The lowest BCUT2D eigenvalue weighted by Gasteiger charge is -2.01. The Morgan fingerprint density at radius 1 is 1.45 bits per heavy atom. The molecular weight excluding hydrogens is 276 g/mol. The number of fused-ring (bicyclic) bond motifs is 1. The lowest BCUT2D eigenvalue weighted by atomic mass is 10.3. The zero-order chi connectivity index (χ0) is 14.3. The Balaban J connectivity index is 2.14. The minimum atomic E-state index is -0.292. The molecule has 0 radical (unpaired) electrons. The summed E-state index contributed by atoms with van der Waals surface area (Å²) in [6, 6.07) is 3.71. The standard InChI is InChI=1S/C14H14N2O3S/c1-4-18-13(17)12-9(3)16-8(2)11(15-14(16)20-12)10-6-5-7-19-10/h5-7H,4H2,1-3H3. The number of carbonyl (C=O) groups excluding carboxylic acids is 1. The van der Waals surface area contributed by atoms with E-state index in [-0.39, 0.29) is 5.97 Å². The summed E-state index contributed by atoms with van der Waals surface area (Å²) < 4.78 is 12.4. The van der Waals surface area contributed by atoms with Crippen molar-refractivity contribution in [2.75, 3.05) is 6.61 Å². The molecule has 0 unspecified atom stereocenters. The number of aryl methyl sites for hydroxylation is 2. The highest BCUT2D eigenvalue weighted by Crippen LogP contribution is 2.31. The van der Waals surface area contributed by atoms with Crippen LogP contribution in [0.2, 0.25) is 0 Å². The Morgan fingerprint density at radius 2 is 2.25 bits per heavy atom. The number of furan rings is 1. The van der Waals surface area contributed by atoms with Gasteiger partial charge >= 0.3 is 5.97 Å². The number of esters is 1. The summed E-state index contributed by atoms with van der Waals surface area (Å²) in [6.45, 7) is 6.03. The first-order valence-electron chi connectivity index (χ1n) is 6.33. The second-order valence-electron chi connectivity index (χ2n) is 4.38. The molecule has 0 aliphatic heterocycles. The SMILES string of the molecule is CCOC(=O)c1sc2nc(-c3ccco3)c(C)n2c1C. The predicted molar refractivity (Wildman–Crippen MR) is 76.2 cm³/mol. The summed E-state index contributed by atoms with van der Waals surface area (Å²) in [4.78, 5) is 17.8. The van der Waals surface area contributed by atoms with E-state index >= 15 is 0 Å². The smallest absolute Gasteiger partial charge is 0.350 e. The highest BCUT2D eigenvalue weighted by atomic mass is 32.1. The van der Waals surface area contributed by atoms with Gasteiger partial charge in [0.2, 0.25) is 0 Å². The Bertz CT molecular complexity index is 768. The van der Waals surface area contributed by atoms with Crippen molar-refractivity contribution in [3.63, 3.8) is 0 Å². The van der Waals surface area contributed by atoms with Gasteiger partial charge < -0.3 is 9.15 Å². The van der Waals surface area contributed by atoms with E-state index in [0.29, 0.717) is 11.5 Å². The molecule has 3 rings (SSSR count). The zero-order valence-electron chi connectivity index (χ0n) is 11.5. The van der Waals surface area contributed by atoms with Gasteiger partial charge in [0.25, 0.3) is 0 Å². The van der Waals surface area contributed by atoms with E-state index in [1.54, 1.807) is 13.2 Å². The van der Waals surface area contributed by atoms with Crippen LogP contribution in [-0.2, 0) is 4.74 Å². The average Bonchev–Trinajstić information content (AvgIpc) is 3.08. The fraction of sp³-hybridized carbons (Fsp3) is 0.286. The van der Waals surface area contributed by atoms with E-state index in [0.717, 1.165) is 27.8 Å². The quantitative estimate of drug-likeness (QED) is 0.693. The van der Waals surface area contributed by atoms with Crippen molar-refractivity contribution in [2.24, 2.45) is 0 Å². The first kappa shape index (κ1) is 12.9. The summed E-state index contributed by atoms with van der Waals surface area (Å²) in [5.74, 6) is 0.440. The van der Waals surface area contributed by atoms with Crippen molar-refractivity contribution in [2.45, 2.75) is 20.8 Å². The normalized spacial score (nSPS) is 11.2. The number of nitrogens with zero attached hydrogens (tertiary/aromatic N) is 2. The fourth-order valence-electron chi connectivity index (χ4n) is 2.24. The highest BCUT2D eigenvalue weighted by molar-refractivity contribution is 7.19. The molecular formula is C14H14N2O3S. The molecule has 0 bridgehead atoms. The van der Waals surface area contributed by atoms with E-state index in [1.165, 1.54) is 11.3 Å². The van der Waals surface area contributed by atoms with Gasteiger partial charge in [-0.1, -0.05) is 11.3 Å². The van der Waals surface area contributed by atoms with Crippen LogP contribution in [0.3, 0.4) is 0 Å². The molecule has 5 nitrogen and oxygen atoms in total. The summed E-state index contributed by atoms with van der Waals surface area (Å²) in [6.07, 6.45) is 1.62. The van der Waals surface area contributed by atoms with E-state index in [2.05, 4.69) is 4.98 Å². The number of rotatable bonds is 3. The number of ether oxygens (including phenoxy) is 1. The maximum atomic E-state index is 11.9. The van der Waals surface area contributed by atoms with E-state index in [1.807, 2.05) is 30.4 Å². The van der Waals surface area contributed by atoms with E-state index in [4.69, 9.17) is 9.15 Å². The van der Waals surface area contributed by atoms with Crippen molar-refractivity contribution in [1.29, 1.82) is 0 Å². The summed E-state index contributed by atoms with van der Waals surface area (Å²) in [7, 11) is 0. The third kappa shape index (κ3) is 1.84. The van der Waals surface area contributed by atoms with Crippen molar-refractivity contribution < 1.29 is 13.9 Å². The molecule has 0 N–H and O–H groups in total. The maximum Gasteiger partial charge on any atom is 0.350 e. The Labute approximate surface area is 119 Å². The second kappa shape index (κ2) is 4.79. The third-order valence-corrected chi connectivity index (χ3v) is 4.27. The van der Waals surface area contributed by atoms with Crippen LogP contribution < -0.4 is 0 Å². The number of hydrogen-bond acceptors (Lipinski definition) is 5. The first-order chi connectivity index (χ1) is 9.63. The van der Waals surface area contributed by atoms with Crippen LogP contribution in [0, 0.1) is 13.8 Å². The van der Waals surface area contributed by atoms with Gasteiger partial charge in [-0.2, -0.15) is 0 Å². The van der Waals surface area contributed by atoms with Gasteiger partial charge in [-0.05, 0) is 32.9 Å². The van der Waals surface area contributed by atoms with Gasteiger partial charge in [0, 0.05) is 5.69 Å². The summed E-state index contributed by atoms with van der Waals surface area (Å²) in [5, 5.41) is 0. The van der Waals surface area contributed by atoms with Gasteiger partial charge in [-0.3, -0.25) is 4.40 Å². The summed E-state index contributed by atoms with van der Waals surface area (Å²) in [5.41, 5.74) is 2.62. The van der Waals surface area contributed by atoms with E-state index in [9.17, 15) is 4.79 Å². The van der Waals surface area contributed by atoms with Crippen LogP contribution in [0.25, 0.3) is 16.4 Å². The van der Waals surface area contributed by atoms with Gasteiger partial charge in [0.1, 0.15) is 10.6 Å². The van der Waals surface area contributed by atoms with Crippen LogP contribution >= 0.6 is 11.3 Å². The Morgan fingerprint density at radius 3 is 2.85 bits per heavy atom. The molecule has 3 aromatic rings. The van der Waals surface area contributed by atoms with E-state index < -0.39 is 0 Å². The van der Waals surface area contributed by atoms with Crippen LogP contribution in [0.5, 0.6) is 0 Å². The topological polar surface area (TPSA) is 56.7 Å². The molecule has 0 spiro atoms. The average molecular weight is 290 g/mol. The number of thiazole rings is 1. The minimum absolute atomic E-state index is 0.292. The van der Waals surface area contributed by atoms with Gasteiger partial charge in [-0.25, -0.2) is 9.78 Å². The molecule has 0 amide bonds. The number of imidazole rings is 1. The van der Waals surface area contributed by atoms with Crippen molar-refractivity contribution in [3.8, 4) is 11.5 Å². The molecule has 0 aliphatic rings. The molecule has 3 heterocycles. The van der Waals surface area contributed by atoms with Crippen LogP contribution in [0.4, 0.5) is 0 Å². The molecule has 20 heavy (non-hydrogen) atoms. The van der Waals surface area contributed by atoms with Crippen molar-refractivity contribution in [1.82, 2.24) is 9.38 Å². The lowest BCUT2D eigenvalue weighted by Crippen LogP contribution is -2.05. The lowest BCUT2D eigenvalue weighted by molar-refractivity contribution is 0.0531. The van der Waals surface area contributed by atoms with Crippen molar-refractivity contribution in [3.05, 3.63) is 34.7 Å².